The predicted octanol–water partition coefficient (Wildman–Crippen LogP) is 1.40. The summed E-state index contributed by atoms with van der Waals surface area (Å²) in [5.74, 6) is 1.36. The molecule has 1 N–H and O–H groups in total. The number of nitrogens with zero attached hydrogens (tertiary/aromatic N) is 4. The quantitative estimate of drug-likeness (QED) is 0.872. The van der Waals surface area contributed by atoms with E-state index in [1.165, 1.54) is 16.4 Å². The van der Waals surface area contributed by atoms with Gasteiger partial charge in [-0.1, -0.05) is 6.07 Å². The Morgan fingerprint density at radius 1 is 1.19 bits per heavy atom. The van der Waals surface area contributed by atoms with Gasteiger partial charge in [0.2, 0.25) is 10.0 Å². The molecule has 26 heavy (non-hydrogen) atoms. The summed E-state index contributed by atoms with van der Waals surface area (Å²) in [5.41, 5.74) is 0.726. The number of halogens is 1. The van der Waals surface area contributed by atoms with Gasteiger partial charge in [0.25, 0.3) is 0 Å². The Bertz CT molecular complexity index is 919. The Labute approximate surface area is 152 Å². The highest BCUT2D eigenvalue weighted by molar-refractivity contribution is 7.89. The van der Waals surface area contributed by atoms with E-state index in [1.807, 2.05) is 0 Å². The molecule has 1 fully saturated rings. The first-order valence-electron chi connectivity index (χ1n) is 8.86. The average molecular weight is 379 g/mol. The third kappa shape index (κ3) is 3.04. The maximum absolute atomic E-state index is 14.1. The van der Waals surface area contributed by atoms with Crippen LogP contribution in [0.1, 0.15) is 36.0 Å². The summed E-state index contributed by atoms with van der Waals surface area (Å²) in [6, 6.07) is 4.19. The molecule has 0 atom stereocenters. The van der Waals surface area contributed by atoms with Crippen molar-refractivity contribution in [3.63, 3.8) is 0 Å². The molecule has 140 valence electrons. The SMILES string of the molecule is Cc1ccc(F)c(S(=O)(=O)N2CCC(c3nnc4n3CCNC4)CC2)c1. The van der Waals surface area contributed by atoms with Crippen molar-refractivity contribution < 1.29 is 12.8 Å². The average Bonchev–Trinajstić information content (AvgIpc) is 3.08. The zero-order chi connectivity index (χ0) is 18.3. The summed E-state index contributed by atoms with van der Waals surface area (Å²) in [7, 11) is -3.82. The van der Waals surface area contributed by atoms with Crippen molar-refractivity contribution in [2.75, 3.05) is 19.6 Å². The Morgan fingerprint density at radius 2 is 1.96 bits per heavy atom. The van der Waals surface area contributed by atoms with E-state index >= 15 is 0 Å². The van der Waals surface area contributed by atoms with Crippen molar-refractivity contribution >= 4 is 10.0 Å². The zero-order valence-electron chi connectivity index (χ0n) is 14.7. The maximum atomic E-state index is 14.1. The van der Waals surface area contributed by atoms with Crippen LogP contribution in [0.2, 0.25) is 0 Å². The minimum atomic E-state index is -3.82. The molecule has 0 amide bonds. The van der Waals surface area contributed by atoms with Crippen LogP contribution in [0.3, 0.4) is 0 Å². The van der Waals surface area contributed by atoms with Crippen LogP contribution in [-0.2, 0) is 23.1 Å². The van der Waals surface area contributed by atoms with Crippen molar-refractivity contribution in [2.24, 2.45) is 0 Å². The van der Waals surface area contributed by atoms with Gasteiger partial charge in [-0.2, -0.15) is 4.31 Å². The van der Waals surface area contributed by atoms with Crippen LogP contribution in [0.4, 0.5) is 4.39 Å². The predicted molar refractivity (Wildman–Crippen MR) is 93.6 cm³/mol. The standard InChI is InChI=1S/C17H22FN5O2S/c1-12-2-3-14(18)15(10-12)26(24,25)22-7-4-13(5-8-22)17-21-20-16-11-19-6-9-23(16)17/h2-3,10,13,19H,4-9,11H2,1H3. The first-order chi connectivity index (χ1) is 12.5. The summed E-state index contributed by atoms with van der Waals surface area (Å²) in [4.78, 5) is -0.234. The van der Waals surface area contributed by atoms with Crippen LogP contribution in [0.5, 0.6) is 0 Å². The van der Waals surface area contributed by atoms with E-state index in [9.17, 15) is 12.8 Å². The molecule has 0 spiro atoms. The molecular formula is C17H22FN5O2S. The van der Waals surface area contributed by atoms with Gasteiger partial charge >= 0.3 is 0 Å². The number of aryl methyl sites for hydroxylation is 1. The van der Waals surface area contributed by atoms with Crippen LogP contribution < -0.4 is 5.32 Å². The molecule has 2 aliphatic rings. The number of fused-ring (bicyclic) bond motifs is 1. The first kappa shape index (κ1) is 17.6. The fourth-order valence-electron chi connectivity index (χ4n) is 3.72. The lowest BCUT2D eigenvalue weighted by molar-refractivity contribution is 0.306. The Hall–Kier alpha value is -1.84. The highest BCUT2D eigenvalue weighted by Crippen LogP contribution is 2.31. The number of sulfonamides is 1. The van der Waals surface area contributed by atoms with Crippen molar-refractivity contribution in [1.82, 2.24) is 24.4 Å². The fourth-order valence-corrected chi connectivity index (χ4v) is 5.34. The van der Waals surface area contributed by atoms with Crippen molar-refractivity contribution in [3.8, 4) is 0 Å². The second kappa shape index (κ2) is 6.71. The molecule has 1 aromatic heterocycles. The molecule has 1 aromatic carbocycles. The number of hydrogen-bond donors (Lipinski definition) is 1. The topological polar surface area (TPSA) is 80.1 Å². The van der Waals surface area contributed by atoms with Crippen LogP contribution in [-0.4, -0.2) is 47.1 Å². The van der Waals surface area contributed by atoms with Gasteiger partial charge in [0.15, 0.2) is 0 Å². The minimum Gasteiger partial charge on any atom is -0.312 e. The molecule has 0 saturated carbocycles. The van der Waals surface area contributed by atoms with Crippen molar-refractivity contribution in [2.45, 2.75) is 43.7 Å². The molecule has 0 aliphatic carbocycles. The molecule has 0 radical (unpaired) electrons. The molecule has 4 rings (SSSR count). The zero-order valence-corrected chi connectivity index (χ0v) is 15.5. The van der Waals surface area contributed by atoms with E-state index in [0.717, 1.165) is 30.3 Å². The van der Waals surface area contributed by atoms with Crippen LogP contribution in [0, 0.1) is 12.7 Å². The van der Waals surface area contributed by atoms with Gasteiger partial charge in [0.05, 0.1) is 6.54 Å². The largest absolute Gasteiger partial charge is 0.312 e. The van der Waals surface area contributed by atoms with E-state index in [1.54, 1.807) is 13.0 Å². The van der Waals surface area contributed by atoms with Gasteiger partial charge in [-0.15, -0.1) is 10.2 Å². The summed E-state index contributed by atoms with van der Waals surface area (Å²) >= 11 is 0. The maximum Gasteiger partial charge on any atom is 0.245 e. The summed E-state index contributed by atoms with van der Waals surface area (Å²) in [6.07, 6.45) is 1.33. The molecule has 1 saturated heterocycles. The number of rotatable bonds is 3. The van der Waals surface area contributed by atoms with E-state index in [2.05, 4.69) is 20.1 Å². The van der Waals surface area contributed by atoms with Gasteiger partial charge in [0, 0.05) is 32.1 Å². The summed E-state index contributed by atoms with van der Waals surface area (Å²) in [6.45, 7) is 4.92. The summed E-state index contributed by atoms with van der Waals surface area (Å²) < 4.78 is 43.3. The molecule has 7 nitrogen and oxygen atoms in total. The highest BCUT2D eigenvalue weighted by Gasteiger charge is 2.34. The van der Waals surface area contributed by atoms with Gasteiger partial charge < -0.3 is 9.88 Å². The van der Waals surface area contributed by atoms with E-state index in [4.69, 9.17) is 0 Å². The third-order valence-electron chi connectivity index (χ3n) is 5.17. The van der Waals surface area contributed by atoms with E-state index in [0.29, 0.717) is 32.5 Å². The lowest BCUT2D eigenvalue weighted by atomic mass is 9.97. The molecule has 2 aromatic rings. The van der Waals surface area contributed by atoms with Crippen LogP contribution in [0.25, 0.3) is 0 Å². The van der Waals surface area contributed by atoms with Crippen LogP contribution in [0.15, 0.2) is 23.1 Å². The number of hydrogen-bond acceptors (Lipinski definition) is 5. The first-order valence-corrected chi connectivity index (χ1v) is 10.3. The van der Waals surface area contributed by atoms with Gasteiger partial charge in [0.1, 0.15) is 22.4 Å². The molecule has 0 unspecified atom stereocenters. The minimum absolute atomic E-state index is 0.183. The summed E-state index contributed by atoms with van der Waals surface area (Å²) in [5, 5.41) is 11.8. The monoisotopic (exact) mass is 379 g/mol. The van der Waals surface area contributed by atoms with E-state index in [-0.39, 0.29) is 10.8 Å². The molecule has 9 heteroatoms. The smallest absolute Gasteiger partial charge is 0.245 e. The third-order valence-corrected chi connectivity index (χ3v) is 7.09. The molecule has 2 aliphatic heterocycles. The van der Waals surface area contributed by atoms with Gasteiger partial charge in [-0.25, -0.2) is 12.8 Å². The second-order valence-corrected chi connectivity index (χ2v) is 8.82. The van der Waals surface area contributed by atoms with Crippen molar-refractivity contribution in [3.05, 3.63) is 41.2 Å². The Balaban J connectivity index is 1.51. The molecular weight excluding hydrogens is 357 g/mol. The Morgan fingerprint density at radius 3 is 2.73 bits per heavy atom. The van der Waals surface area contributed by atoms with Gasteiger partial charge in [-0.05, 0) is 37.5 Å². The molecule has 0 bridgehead atoms. The highest BCUT2D eigenvalue weighted by atomic mass is 32.2. The van der Waals surface area contributed by atoms with Crippen LogP contribution >= 0.6 is 0 Å². The number of benzene rings is 1. The van der Waals surface area contributed by atoms with Crippen molar-refractivity contribution in [1.29, 1.82) is 0 Å². The lowest BCUT2D eigenvalue weighted by Gasteiger charge is -2.31. The number of piperidine rings is 1. The lowest BCUT2D eigenvalue weighted by Crippen LogP contribution is -2.39. The molecule has 3 heterocycles. The van der Waals surface area contributed by atoms with E-state index < -0.39 is 15.8 Å². The number of nitrogens with one attached hydrogen (secondary N) is 1. The number of aromatic nitrogens is 3. The fraction of sp³-hybridized carbons (Fsp3) is 0.529. The Kier molecular flexibility index (Phi) is 4.54. The van der Waals surface area contributed by atoms with Gasteiger partial charge in [-0.3, -0.25) is 0 Å². The second-order valence-electron chi connectivity index (χ2n) is 6.92. The normalized spacial score (nSPS) is 19.5.